The van der Waals surface area contributed by atoms with E-state index in [9.17, 15) is 9.59 Å². The highest BCUT2D eigenvalue weighted by Crippen LogP contribution is 2.35. The van der Waals surface area contributed by atoms with Crippen LogP contribution in [0.4, 0.5) is 0 Å². The molecule has 0 aliphatic heterocycles. The van der Waals surface area contributed by atoms with Gasteiger partial charge in [-0.3, -0.25) is 4.79 Å². The summed E-state index contributed by atoms with van der Waals surface area (Å²) in [6.45, 7) is 1.61. The van der Waals surface area contributed by atoms with Gasteiger partial charge in [-0.05, 0) is 43.5 Å². The molecular weight excluding hydrogens is 270 g/mol. The van der Waals surface area contributed by atoms with E-state index >= 15 is 0 Å². The molecule has 0 spiro atoms. The Kier molecular flexibility index (Phi) is 3.66. The maximum absolute atomic E-state index is 11.6. The van der Waals surface area contributed by atoms with Gasteiger partial charge in [0.05, 0.1) is 0 Å². The number of carboxylic acid groups (broad SMARTS) is 1. The van der Waals surface area contributed by atoms with E-state index in [0.29, 0.717) is 23.6 Å². The summed E-state index contributed by atoms with van der Waals surface area (Å²) in [6.07, 6.45) is 0.933. The van der Waals surface area contributed by atoms with Crippen molar-refractivity contribution >= 4 is 23.5 Å². The Hall–Kier alpha value is -1.75. The van der Waals surface area contributed by atoms with E-state index in [0.717, 1.165) is 5.56 Å². The van der Waals surface area contributed by atoms with Crippen LogP contribution in [0.1, 0.15) is 18.4 Å². The van der Waals surface area contributed by atoms with E-state index in [-0.39, 0.29) is 6.61 Å². The van der Waals surface area contributed by atoms with Crippen LogP contribution in [0, 0.1) is 6.92 Å². The first kappa shape index (κ1) is 13.7. The van der Waals surface area contributed by atoms with Crippen LogP contribution in [0.5, 0.6) is 5.75 Å². The molecule has 0 aromatic heterocycles. The van der Waals surface area contributed by atoms with Gasteiger partial charge in [0, 0.05) is 5.02 Å². The molecule has 6 heteroatoms. The summed E-state index contributed by atoms with van der Waals surface area (Å²) in [5.74, 6) is -0.877. The number of rotatable bonds is 5. The molecule has 1 aliphatic rings. The van der Waals surface area contributed by atoms with Crippen molar-refractivity contribution in [2.75, 3.05) is 6.61 Å². The van der Waals surface area contributed by atoms with Crippen LogP contribution < -0.4 is 10.1 Å². The molecule has 1 fully saturated rings. The van der Waals surface area contributed by atoms with Gasteiger partial charge in [-0.25, -0.2) is 4.79 Å². The quantitative estimate of drug-likeness (QED) is 0.863. The monoisotopic (exact) mass is 283 g/mol. The second-order valence-electron chi connectivity index (χ2n) is 4.63. The smallest absolute Gasteiger partial charge is 0.329 e. The fraction of sp³-hybridized carbons (Fsp3) is 0.385. The van der Waals surface area contributed by atoms with Gasteiger partial charge < -0.3 is 15.2 Å². The Morgan fingerprint density at radius 3 is 2.68 bits per heavy atom. The zero-order chi connectivity index (χ0) is 14.0. The third kappa shape index (κ3) is 3.17. The largest absolute Gasteiger partial charge is 0.484 e. The van der Waals surface area contributed by atoms with Crippen molar-refractivity contribution < 1.29 is 19.4 Å². The number of aryl methyl sites for hydroxylation is 1. The van der Waals surface area contributed by atoms with E-state index in [1.165, 1.54) is 0 Å². The minimum absolute atomic E-state index is 0.211. The molecule has 1 amide bonds. The first-order chi connectivity index (χ1) is 8.93. The van der Waals surface area contributed by atoms with E-state index in [1.807, 2.05) is 6.92 Å². The number of amides is 1. The minimum Gasteiger partial charge on any atom is -0.484 e. The highest BCUT2D eigenvalue weighted by molar-refractivity contribution is 6.30. The molecule has 2 rings (SSSR count). The Balaban J connectivity index is 1.89. The minimum atomic E-state index is -1.07. The number of hydrogen-bond acceptors (Lipinski definition) is 3. The zero-order valence-corrected chi connectivity index (χ0v) is 11.2. The lowest BCUT2D eigenvalue weighted by atomic mass is 10.2. The standard InChI is InChI=1S/C13H14ClNO4/c1-8-6-9(14)2-3-10(8)19-7-11(16)15-13(4-5-13)12(17)18/h2-3,6H,4-5,7H2,1H3,(H,15,16)(H,17,18). The second kappa shape index (κ2) is 5.09. The second-order valence-corrected chi connectivity index (χ2v) is 5.07. The Morgan fingerprint density at radius 2 is 2.16 bits per heavy atom. The van der Waals surface area contributed by atoms with Crippen molar-refractivity contribution in [3.63, 3.8) is 0 Å². The first-order valence-electron chi connectivity index (χ1n) is 5.86. The molecule has 102 valence electrons. The fourth-order valence-corrected chi connectivity index (χ4v) is 1.97. The Bertz CT molecular complexity index is 525. The Labute approximate surface area is 115 Å². The third-order valence-electron chi connectivity index (χ3n) is 3.03. The molecule has 0 unspecified atom stereocenters. The fourth-order valence-electron chi connectivity index (χ4n) is 1.74. The lowest BCUT2D eigenvalue weighted by Crippen LogP contribution is -2.45. The van der Waals surface area contributed by atoms with Gasteiger partial charge >= 0.3 is 5.97 Å². The molecule has 5 nitrogen and oxygen atoms in total. The maximum Gasteiger partial charge on any atom is 0.329 e. The van der Waals surface area contributed by atoms with Crippen LogP contribution >= 0.6 is 11.6 Å². The van der Waals surface area contributed by atoms with Crippen LogP contribution in [0.25, 0.3) is 0 Å². The SMILES string of the molecule is Cc1cc(Cl)ccc1OCC(=O)NC1(C(=O)O)CC1. The van der Waals surface area contributed by atoms with Gasteiger partial charge in [0.2, 0.25) is 0 Å². The first-order valence-corrected chi connectivity index (χ1v) is 6.24. The average Bonchev–Trinajstić information content (AvgIpc) is 3.09. The van der Waals surface area contributed by atoms with Crippen LogP contribution in [-0.2, 0) is 9.59 Å². The molecule has 0 saturated heterocycles. The number of benzene rings is 1. The summed E-state index contributed by atoms with van der Waals surface area (Å²) in [6, 6.07) is 5.07. The number of hydrogen-bond donors (Lipinski definition) is 2. The van der Waals surface area contributed by atoms with E-state index in [4.69, 9.17) is 21.4 Å². The molecule has 1 aromatic rings. The zero-order valence-electron chi connectivity index (χ0n) is 10.4. The van der Waals surface area contributed by atoms with Gasteiger partial charge in [0.25, 0.3) is 5.91 Å². The summed E-state index contributed by atoms with van der Waals surface area (Å²) >= 11 is 5.81. The van der Waals surface area contributed by atoms with Gasteiger partial charge in [-0.15, -0.1) is 0 Å². The molecular formula is C13H14ClNO4. The van der Waals surface area contributed by atoms with Gasteiger partial charge in [0.15, 0.2) is 6.61 Å². The number of carbonyl (C=O) groups excluding carboxylic acids is 1. The highest BCUT2D eigenvalue weighted by atomic mass is 35.5. The van der Waals surface area contributed by atoms with E-state index < -0.39 is 17.4 Å². The van der Waals surface area contributed by atoms with Crippen molar-refractivity contribution in [1.29, 1.82) is 0 Å². The van der Waals surface area contributed by atoms with Crippen LogP contribution in [0.3, 0.4) is 0 Å². The number of carbonyl (C=O) groups is 2. The molecule has 0 radical (unpaired) electrons. The summed E-state index contributed by atoms with van der Waals surface area (Å²) in [4.78, 5) is 22.5. The van der Waals surface area contributed by atoms with Crippen molar-refractivity contribution in [2.24, 2.45) is 0 Å². The average molecular weight is 284 g/mol. The summed E-state index contributed by atoms with van der Waals surface area (Å²) < 4.78 is 5.34. The molecule has 1 aliphatic carbocycles. The Morgan fingerprint density at radius 1 is 1.47 bits per heavy atom. The van der Waals surface area contributed by atoms with Gasteiger partial charge in [-0.2, -0.15) is 0 Å². The van der Waals surface area contributed by atoms with Gasteiger partial charge in [0.1, 0.15) is 11.3 Å². The maximum atomic E-state index is 11.6. The van der Waals surface area contributed by atoms with Crippen molar-refractivity contribution in [3.8, 4) is 5.75 Å². The van der Waals surface area contributed by atoms with Crippen molar-refractivity contribution in [2.45, 2.75) is 25.3 Å². The lowest BCUT2D eigenvalue weighted by Gasteiger charge is -2.13. The third-order valence-corrected chi connectivity index (χ3v) is 3.27. The molecule has 2 N–H and O–H groups in total. The highest BCUT2D eigenvalue weighted by Gasteiger charge is 2.51. The van der Waals surface area contributed by atoms with Crippen LogP contribution in [0.2, 0.25) is 5.02 Å². The molecule has 0 heterocycles. The topological polar surface area (TPSA) is 75.6 Å². The number of aliphatic carboxylic acids is 1. The number of ether oxygens (including phenoxy) is 1. The molecule has 19 heavy (non-hydrogen) atoms. The molecule has 0 bridgehead atoms. The van der Waals surface area contributed by atoms with E-state index in [2.05, 4.69) is 5.32 Å². The number of nitrogens with one attached hydrogen (secondary N) is 1. The number of halogens is 1. The summed E-state index contributed by atoms with van der Waals surface area (Å²) in [5.41, 5.74) is -0.255. The van der Waals surface area contributed by atoms with Gasteiger partial charge in [-0.1, -0.05) is 11.6 Å². The predicted molar refractivity (Wildman–Crippen MR) is 69.4 cm³/mol. The van der Waals surface area contributed by atoms with Crippen LogP contribution in [0.15, 0.2) is 18.2 Å². The van der Waals surface area contributed by atoms with Crippen LogP contribution in [-0.4, -0.2) is 29.1 Å². The summed E-state index contributed by atoms with van der Waals surface area (Å²) in [5, 5.41) is 12.0. The number of carboxylic acids is 1. The predicted octanol–water partition coefficient (Wildman–Crippen LogP) is 1.76. The summed E-state index contributed by atoms with van der Waals surface area (Å²) in [7, 11) is 0. The molecule has 1 saturated carbocycles. The normalized spacial score (nSPS) is 15.7. The van der Waals surface area contributed by atoms with Crippen molar-refractivity contribution in [3.05, 3.63) is 28.8 Å². The lowest BCUT2D eigenvalue weighted by molar-refractivity contribution is -0.143. The molecule has 0 atom stereocenters. The van der Waals surface area contributed by atoms with E-state index in [1.54, 1.807) is 18.2 Å². The molecule has 1 aromatic carbocycles. The van der Waals surface area contributed by atoms with Crippen molar-refractivity contribution in [1.82, 2.24) is 5.32 Å².